The predicted octanol–water partition coefficient (Wildman–Crippen LogP) is 6.01. The number of benzene rings is 2. The minimum absolute atomic E-state index is 0.0446. The van der Waals surface area contributed by atoms with E-state index in [2.05, 4.69) is 13.2 Å². The molecule has 1 aliphatic carbocycles. The fraction of sp³-hybridized carbons (Fsp3) is 0.500. The van der Waals surface area contributed by atoms with E-state index in [9.17, 15) is 38.4 Å². The second kappa shape index (κ2) is 30.4. The molecule has 18 heteroatoms. The lowest BCUT2D eigenvalue weighted by Crippen LogP contribution is -2.30. The van der Waals surface area contributed by atoms with E-state index < -0.39 is 35.8 Å². The number of carbonyl (C=O) groups excluding carboxylic acids is 8. The lowest BCUT2D eigenvalue weighted by atomic mass is 9.82. The molecule has 2 unspecified atom stereocenters. The summed E-state index contributed by atoms with van der Waals surface area (Å²) in [7, 11) is 0. The Labute approximate surface area is 384 Å². The normalized spacial score (nSPS) is 15.0. The van der Waals surface area contributed by atoms with Gasteiger partial charge in [0.15, 0.2) is 0 Å². The van der Waals surface area contributed by atoms with E-state index in [1.54, 1.807) is 62.4 Å². The summed E-state index contributed by atoms with van der Waals surface area (Å²) in [5.41, 5.74) is 0. The second-order valence-corrected chi connectivity index (χ2v) is 15.4. The third kappa shape index (κ3) is 22.8. The first-order chi connectivity index (χ1) is 31.7. The Balaban J connectivity index is 1.21. The number of rotatable bonds is 30. The Morgan fingerprint density at radius 1 is 0.470 bits per heavy atom. The average Bonchev–Trinajstić information content (AvgIpc) is 3.32. The summed E-state index contributed by atoms with van der Waals surface area (Å²) in [4.78, 5) is 95.7. The monoisotopic (exact) mass is 924 g/mol. The number of esters is 8. The molecule has 0 spiro atoms. The van der Waals surface area contributed by atoms with Crippen LogP contribution >= 0.6 is 0 Å². The molecule has 1 fully saturated rings. The first-order valence-corrected chi connectivity index (χ1v) is 21.8. The fourth-order valence-corrected chi connectivity index (χ4v) is 5.87. The summed E-state index contributed by atoms with van der Waals surface area (Å²) in [5.74, 6) is -3.49. The zero-order valence-corrected chi connectivity index (χ0v) is 37.6. The van der Waals surface area contributed by atoms with E-state index >= 15 is 0 Å². The fourth-order valence-electron chi connectivity index (χ4n) is 5.87. The van der Waals surface area contributed by atoms with Gasteiger partial charge in [0.05, 0.1) is 90.4 Å². The minimum atomic E-state index is -0.561. The Morgan fingerprint density at radius 2 is 0.773 bits per heavy atom. The molecule has 18 nitrogen and oxygen atoms in total. The molecule has 3 rings (SSSR count). The van der Waals surface area contributed by atoms with Crippen molar-refractivity contribution in [2.75, 3.05) is 52.9 Å². The highest BCUT2D eigenvalue weighted by Crippen LogP contribution is 2.32. The van der Waals surface area contributed by atoms with Crippen LogP contribution < -0.4 is 18.9 Å². The first-order valence-electron chi connectivity index (χ1n) is 21.8. The molecule has 0 heterocycles. The summed E-state index contributed by atoms with van der Waals surface area (Å²) in [6.07, 6.45) is 4.23. The Kier molecular flexibility index (Phi) is 24.7. The Morgan fingerprint density at radius 3 is 1.11 bits per heavy atom. The molecule has 1 saturated carbocycles. The smallest absolute Gasteiger partial charge is 0.330 e. The van der Waals surface area contributed by atoms with Crippen molar-refractivity contribution >= 4 is 47.8 Å². The summed E-state index contributed by atoms with van der Waals surface area (Å²) >= 11 is 0. The zero-order valence-electron chi connectivity index (χ0n) is 37.6. The molecule has 0 bridgehead atoms. The third-order valence-corrected chi connectivity index (χ3v) is 9.60. The van der Waals surface area contributed by atoms with E-state index in [1.807, 2.05) is 0 Å². The summed E-state index contributed by atoms with van der Waals surface area (Å²) in [6, 6.07) is 13.1. The summed E-state index contributed by atoms with van der Waals surface area (Å²) in [5, 5.41) is 0. The van der Waals surface area contributed by atoms with E-state index in [-0.39, 0.29) is 114 Å². The molecular weight excluding hydrogens is 865 g/mol. The van der Waals surface area contributed by atoms with E-state index in [1.165, 1.54) is 0 Å². The number of ether oxygens (including phenoxy) is 10. The quantitative estimate of drug-likeness (QED) is 0.0287. The zero-order chi connectivity index (χ0) is 48.1. The van der Waals surface area contributed by atoms with Crippen LogP contribution in [0.4, 0.5) is 0 Å². The highest BCUT2D eigenvalue weighted by molar-refractivity contribution is 5.82. The van der Waals surface area contributed by atoms with Crippen LogP contribution in [-0.2, 0) is 66.8 Å². The van der Waals surface area contributed by atoms with Gasteiger partial charge in [0, 0.05) is 36.8 Å². The van der Waals surface area contributed by atoms with Crippen LogP contribution in [0.5, 0.6) is 23.0 Å². The summed E-state index contributed by atoms with van der Waals surface area (Å²) < 4.78 is 52.8. The SMILES string of the molecule is C=CC(=O)OCC(C)COC(=O)CCC(=O)OCCCOc1ccc(OC(=O)C2CCC(C(=O)Oc3ccc(OCCCOC(=O)CCC(=O)OCC(C)COC(=O)C=C)cc3)CC2)cc1. The van der Waals surface area contributed by atoms with E-state index in [0.29, 0.717) is 61.5 Å². The van der Waals surface area contributed by atoms with Gasteiger partial charge in [0.2, 0.25) is 0 Å². The van der Waals surface area contributed by atoms with Crippen molar-refractivity contribution in [3.63, 3.8) is 0 Å². The Bertz CT molecular complexity index is 1760. The second-order valence-electron chi connectivity index (χ2n) is 15.4. The van der Waals surface area contributed by atoms with Crippen molar-refractivity contribution in [2.24, 2.45) is 23.7 Å². The van der Waals surface area contributed by atoms with Gasteiger partial charge in [-0.3, -0.25) is 28.8 Å². The minimum Gasteiger partial charge on any atom is -0.493 e. The molecule has 1 aliphatic rings. The largest absolute Gasteiger partial charge is 0.493 e. The van der Waals surface area contributed by atoms with Crippen LogP contribution in [-0.4, -0.2) is 101 Å². The molecule has 0 aliphatic heterocycles. The van der Waals surface area contributed by atoms with Gasteiger partial charge in [0.1, 0.15) is 23.0 Å². The number of hydrogen-bond acceptors (Lipinski definition) is 18. The topological polar surface area (TPSA) is 229 Å². The van der Waals surface area contributed by atoms with Gasteiger partial charge in [-0.25, -0.2) is 9.59 Å². The standard InChI is InChI=1S/C48H60O18/c1-5-41(49)61-29-33(3)31-63-45(53)23-21-43(51)59-27-7-25-57-37-13-17-39(18-14-37)65-47(55)35-9-11-36(12-10-35)48(56)66-40-19-15-38(16-20-40)58-26-8-28-60-44(52)22-24-46(54)64-32-34(4)30-62-42(50)6-2/h5-6,13-20,33-36H,1-2,7-12,21-32H2,3-4H3. The maximum Gasteiger partial charge on any atom is 0.330 e. The molecule has 0 amide bonds. The molecule has 0 aromatic heterocycles. The molecule has 0 N–H and O–H groups in total. The molecule has 360 valence electrons. The average molecular weight is 925 g/mol. The number of carbonyl (C=O) groups is 8. The predicted molar refractivity (Wildman–Crippen MR) is 233 cm³/mol. The molecule has 66 heavy (non-hydrogen) atoms. The van der Waals surface area contributed by atoms with Crippen molar-refractivity contribution in [3.05, 3.63) is 73.8 Å². The van der Waals surface area contributed by atoms with Crippen molar-refractivity contribution in [1.29, 1.82) is 0 Å². The van der Waals surface area contributed by atoms with Crippen LogP contribution in [0.2, 0.25) is 0 Å². The molecular formula is C48H60O18. The molecule has 2 aromatic carbocycles. The number of hydrogen-bond donors (Lipinski definition) is 0. The molecule has 2 atom stereocenters. The maximum atomic E-state index is 12.9. The third-order valence-electron chi connectivity index (χ3n) is 9.60. The van der Waals surface area contributed by atoms with Gasteiger partial charge in [0.25, 0.3) is 0 Å². The van der Waals surface area contributed by atoms with Gasteiger partial charge in [-0.2, -0.15) is 0 Å². The lowest BCUT2D eigenvalue weighted by Gasteiger charge is -2.25. The molecule has 0 radical (unpaired) electrons. The van der Waals surface area contributed by atoms with Crippen LogP contribution in [0.25, 0.3) is 0 Å². The Hall–Kier alpha value is -6.72. The van der Waals surface area contributed by atoms with Crippen molar-refractivity contribution in [3.8, 4) is 23.0 Å². The summed E-state index contributed by atoms with van der Waals surface area (Å²) in [6.45, 7) is 11.0. The van der Waals surface area contributed by atoms with E-state index in [0.717, 1.165) is 12.2 Å². The van der Waals surface area contributed by atoms with Crippen LogP contribution in [0.3, 0.4) is 0 Å². The van der Waals surface area contributed by atoms with Gasteiger partial charge in [-0.15, -0.1) is 0 Å². The van der Waals surface area contributed by atoms with Crippen LogP contribution in [0.1, 0.15) is 78.1 Å². The maximum absolute atomic E-state index is 12.9. The van der Waals surface area contributed by atoms with E-state index in [4.69, 9.17) is 47.4 Å². The highest BCUT2D eigenvalue weighted by Gasteiger charge is 2.32. The van der Waals surface area contributed by atoms with Gasteiger partial charge < -0.3 is 47.4 Å². The molecule has 0 saturated heterocycles. The van der Waals surface area contributed by atoms with Gasteiger partial charge in [-0.05, 0) is 74.2 Å². The molecule has 2 aromatic rings. The van der Waals surface area contributed by atoms with Crippen LogP contribution in [0, 0.1) is 23.7 Å². The van der Waals surface area contributed by atoms with Crippen molar-refractivity contribution in [2.45, 2.75) is 78.1 Å². The lowest BCUT2D eigenvalue weighted by molar-refractivity contribution is -0.152. The van der Waals surface area contributed by atoms with Crippen LogP contribution in [0.15, 0.2) is 73.8 Å². The van der Waals surface area contributed by atoms with Crippen molar-refractivity contribution < 1.29 is 85.7 Å². The van der Waals surface area contributed by atoms with Gasteiger partial charge >= 0.3 is 47.8 Å². The first kappa shape index (κ1) is 53.6. The highest BCUT2D eigenvalue weighted by atomic mass is 16.6. The van der Waals surface area contributed by atoms with Crippen molar-refractivity contribution in [1.82, 2.24) is 0 Å². The van der Waals surface area contributed by atoms with Gasteiger partial charge in [-0.1, -0.05) is 27.0 Å².